The molecule has 20 heavy (non-hydrogen) atoms. The van der Waals surface area contributed by atoms with Gasteiger partial charge in [-0.1, -0.05) is 0 Å². The molecule has 1 aliphatic heterocycles. The van der Waals surface area contributed by atoms with Crippen LogP contribution in [-0.2, 0) is 11.8 Å². The summed E-state index contributed by atoms with van der Waals surface area (Å²) in [5.41, 5.74) is 2.82. The Morgan fingerprint density at radius 1 is 1.45 bits per heavy atom. The van der Waals surface area contributed by atoms with Gasteiger partial charge in [-0.3, -0.25) is 14.4 Å². The number of hydrogen-bond donors (Lipinski definition) is 1. The Hall–Kier alpha value is -1.36. The number of hydrogen-bond acceptors (Lipinski definition) is 3. The quantitative estimate of drug-likeness (QED) is 0.922. The molecule has 5 nitrogen and oxygen atoms in total. The molecule has 2 heterocycles. The Morgan fingerprint density at radius 3 is 2.60 bits per heavy atom. The van der Waals surface area contributed by atoms with Crippen molar-refractivity contribution in [2.75, 3.05) is 13.1 Å². The summed E-state index contributed by atoms with van der Waals surface area (Å²) >= 11 is 0. The number of likely N-dealkylation sites (tertiary alicyclic amines) is 1. The number of carbonyl (C=O) groups is 1. The first kappa shape index (κ1) is 15.0. The third-order valence-corrected chi connectivity index (χ3v) is 4.77. The fourth-order valence-electron chi connectivity index (χ4n) is 3.36. The van der Waals surface area contributed by atoms with Crippen molar-refractivity contribution >= 4 is 5.97 Å². The summed E-state index contributed by atoms with van der Waals surface area (Å²) in [6.45, 7) is 9.68. The highest BCUT2D eigenvalue weighted by molar-refractivity contribution is 5.74. The summed E-state index contributed by atoms with van der Waals surface area (Å²) in [5, 5.41) is 13.9. The van der Waals surface area contributed by atoms with Gasteiger partial charge in [0, 0.05) is 30.9 Å². The van der Waals surface area contributed by atoms with E-state index in [-0.39, 0.29) is 6.04 Å². The lowest BCUT2D eigenvalue weighted by Gasteiger charge is -2.40. The maximum atomic E-state index is 11.5. The Balaban J connectivity index is 2.25. The molecule has 0 bridgehead atoms. The fraction of sp³-hybridized carbons (Fsp3) is 0.733. The van der Waals surface area contributed by atoms with Crippen LogP contribution in [0, 0.1) is 19.3 Å². The van der Waals surface area contributed by atoms with E-state index < -0.39 is 11.4 Å². The number of aromatic nitrogens is 2. The molecule has 0 radical (unpaired) electrons. The molecule has 1 aromatic rings. The molecule has 1 fully saturated rings. The molecule has 112 valence electrons. The molecule has 1 saturated heterocycles. The van der Waals surface area contributed by atoms with Crippen molar-refractivity contribution in [3.63, 3.8) is 0 Å². The first-order valence-corrected chi connectivity index (χ1v) is 7.24. The van der Waals surface area contributed by atoms with Crippen LogP contribution in [0.2, 0.25) is 0 Å². The van der Waals surface area contributed by atoms with E-state index in [0.29, 0.717) is 6.54 Å². The largest absolute Gasteiger partial charge is 0.481 e. The number of piperidine rings is 1. The molecule has 0 amide bonds. The summed E-state index contributed by atoms with van der Waals surface area (Å²) in [5.74, 6) is -0.686. The maximum Gasteiger partial charge on any atom is 0.310 e. The molecule has 0 saturated carbocycles. The predicted molar refractivity (Wildman–Crippen MR) is 77.6 cm³/mol. The van der Waals surface area contributed by atoms with Gasteiger partial charge in [0.25, 0.3) is 0 Å². The van der Waals surface area contributed by atoms with Gasteiger partial charge in [-0.25, -0.2) is 0 Å². The minimum atomic E-state index is -0.686. The summed E-state index contributed by atoms with van der Waals surface area (Å²) in [6.07, 6.45) is 1.70. The zero-order valence-electron chi connectivity index (χ0n) is 13.1. The van der Waals surface area contributed by atoms with Crippen molar-refractivity contribution in [3.8, 4) is 0 Å². The molecular formula is C15H25N3O2. The van der Waals surface area contributed by atoms with Crippen molar-refractivity contribution < 1.29 is 9.90 Å². The van der Waals surface area contributed by atoms with Gasteiger partial charge in [0.05, 0.1) is 11.1 Å². The number of nitrogens with zero attached hydrogens (tertiary/aromatic N) is 3. The Bertz CT molecular complexity index is 523. The molecule has 1 aromatic heterocycles. The average Bonchev–Trinajstić information content (AvgIpc) is 2.62. The lowest BCUT2D eigenvalue weighted by atomic mass is 9.81. The SMILES string of the molecule is Cc1nn(C)c(C)c1C(C)N1CCCC(C)(C(=O)O)C1. The van der Waals surface area contributed by atoms with E-state index in [1.807, 2.05) is 25.6 Å². The van der Waals surface area contributed by atoms with Crippen LogP contribution in [0.25, 0.3) is 0 Å². The smallest absolute Gasteiger partial charge is 0.310 e. The molecule has 2 atom stereocenters. The molecule has 0 spiro atoms. The molecule has 2 unspecified atom stereocenters. The average molecular weight is 279 g/mol. The fourth-order valence-corrected chi connectivity index (χ4v) is 3.36. The predicted octanol–water partition coefficient (Wildman–Crippen LogP) is 2.28. The normalized spacial score (nSPS) is 25.6. The van der Waals surface area contributed by atoms with Gasteiger partial charge in [-0.05, 0) is 47.1 Å². The third kappa shape index (κ3) is 2.46. The zero-order valence-corrected chi connectivity index (χ0v) is 13.1. The second-order valence-electron chi connectivity index (χ2n) is 6.32. The van der Waals surface area contributed by atoms with Crippen molar-refractivity contribution in [1.82, 2.24) is 14.7 Å². The highest BCUT2D eigenvalue weighted by atomic mass is 16.4. The van der Waals surface area contributed by atoms with Crippen molar-refractivity contribution in [3.05, 3.63) is 17.0 Å². The van der Waals surface area contributed by atoms with E-state index in [0.717, 1.165) is 30.8 Å². The van der Waals surface area contributed by atoms with Crippen LogP contribution in [0.15, 0.2) is 0 Å². The minimum Gasteiger partial charge on any atom is -0.481 e. The molecular weight excluding hydrogens is 254 g/mol. The Morgan fingerprint density at radius 2 is 2.10 bits per heavy atom. The first-order chi connectivity index (χ1) is 9.26. The van der Waals surface area contributed by atoms with E-state index in [9.17, 15) is 9.90 Å². The highest BCUT2D eigenvalue weighted by Gasteiger charge is 2.39. The van der Waals surface area contributed by atoms with Gasteiger partial charge in [-0.2, -0.15) is 5.10 Å². The topological polar surface area (TPSA) is 58.4 Å². The molecule has 0 aromatic carbocycles. The van der Waals surface area contributed by atoms with Crippen LogP contribution in [0.5, 0.6) is 0 Å². The van der Waals surface area contributed by atoms with E-state index in [1.54, 1.807) is 0 Å². The van der Waals surface area contributed by atoms with Crippen LogP contribution >= 0.6 is 0 Å². The van der Waals surface area contributed by atoms with Crippen LogP contribution in [-0.4, -0.2) is 38.8 Å². The third-order valence-electron chi connectivity index (χ3n) is 4.77. The summed E-state index contributed by atoms with van der Waals surface area (Å²) < 4.78 is 1.90. The van der Waals surface area contributed by atoms with Crippen LogP contribution < -0.4 is 0 Å². The van der Waals surface area contributed by atoms with Crippen LogP contribution in [0.1, 0.15) is 49.7 Å². The number of carboxylic acid groups (broad SMARTS) is 1. The number of rotatable bonds is 3. The van der Waals surface area contributed by atoms with E-state index in [1.165, 1.54) is 5.56 Å². The van der Waals surface area contributed by atoms with Crippen LogP contribution in [0.4, 0.5) is 0 Å². The minimum absolute atomic E-state index is 0.211. The summed E-state index contributed by atoms with van der Waals surface area (Å²) in [6, 6.07) is 0.211. The molecule has 0 aliphatic carbocycles. The summed E-state index contributed by atoms with van der Waals surface area (Å²) in [4.78, 5) is 13.8. The first-order valence-electron chi connectivity index (χ1n) is 7.24. The monoisotopic (exact) mass is 279 g/mol. The van der Waals surface area contributed by atoms with Gasteiger partial charge in [0.2, 0.25) is 0 Å². The lowest BCUT2D eigenvalue weighted by Crippen LogP contribution is -2.46. The number of aryl methyl sites for hydroxylation is 2. The maximum absolute atomic E-state index is 11.5. The Labute approximate surface area is 120 Å². The van der Waals surface area contributed by atoms with E-state index in [4.69, 9.17) is 0 Å². The van der Waals surface area contributed by atoms with Gasteiger partial charge >= 0.3 is 5.97 Å². The van der Waals surface area contributed by atoms with E-state index in [2.05, 4.69) is 23.8 Å². The van der Waals surface area contributed by atoms with Crippen molar-refractivity contribution in [1.29, 1.82) is 0 Å². The van der Waals surface area contributed by atoms with Crippen molar-refractivity contribution in [2.24, 2.45) is 12.5 Å². The van der Waals surface area contributed by atoms with Gasteiger partial charge in [0.1, 0.15) is 0 Å². The molecule has 1 N–H and O–H groups in total. The number of carboxylic acids is 1. The second kappa shape index (κ2) is 5.20. The number of aliphatic carboxylic acids is 1. The highest BCUT2D eigenvalue weighted by Crippen LogP contribution is 2.35. The molecule has 5 heteroatoms. The summed E-state index contributed by atoms with van der Waals surface area (Å²) in [7, 11) is 1.95. The van der Waals surface area contributed by atoms with Crippen molar-refractivity contribution in [2.45, 2.75) is 46.6 Å². The van der Waals surface area contributed by atoms with Gasteiger partial charge in [0.15, 0.2) is 0 Å². The molecule has 1 aliphatic rings. The zero-order chi connectivity index (χ0) is 15.1. The lowest BCUT2D eigenvalue weighted by molar-refractivity contribution is -0.151. The Kier molecular flexibility index (Phi) is 3.91. The molecule has 2 rings (SSSR count). The van der Waals surface area contributed by atoms with E-state index >= 15 is 0 Å². The van der Waals surface area contributed by atoms with Gasteiger partial charge in [-0.15, -0.1) is 0 Å². The standard InChI is InChI=1S/C15H25N3O2/c1-10-13(11(2)17(5)16-10)12(3)18-8-6-7-15(4,9-18)14(19)20/h12H,6-9H2,1-5H3,(H,19,20). The van der Waals surface area contributed by atoms with Crippen LogP contribution in [0.3, 0.4) is 0 Å². The second-order valence-corrected chi connectivity index (χ2v) is 6.32. The van der Waals surface area contributed by atoms with Gasteiger partial charge < -0.3 is 5.11 Å².